The molecule has 1 aliphatic carbocycles. The van der Waals surface area contributed by atoms with Gasteiger partial charge in [0.25, 0.3) is 0 Å². The summed E-state index contributed by atoms with van der Waals surface area (Å²) in [4.78, 5) is 15.2. The molecule has 1 aromatic rings. The summed E-state index contributed by atoms with van der Waals surface area (Å²) in [6, 6.07) is 10.8. The number of carbonyl (C=O) groups excluding carboxylic acids is 1. The Morgan fingerprint density at radius 1 is 1.17 bits per heavy atom. The van der Waals surface area contributed by atoms with E-state index >= 15 is 0 Å². The van der Waals surface area contributed by atoms with Crippen LogP contribution < -0.4 is 0 Å². The minimum Gasteiger partial charge on any atom is -0.464 e. The number of benzene rings is 1. The lowest BCUT2D eigenvalue weighted by molar-refractivity contribution is -0.147. The smallest absolute Gasteiger partial charge is 0.313 e. The molecule has 0 bridgehead atoms. The number of rotatable bonds is 6. The van der Waals surface area contributed by atoms with Gasteiger partial charge < -0.3 is 4.74 Å². The molecule has 1 aliphatic heterocycles. The minimum atomic E-state index is -0.0744. The van der Waals surface area contributed by atoms with Crippen molar-refractivity contribution in [3.8, 4) is 0 Å². The summed E-state index contributed by atoms with van der Waals surface area (Å²) in [5.74, 6) is 0.361. The first-order valence-electron chi connectivity index (χ1n) is 9.21. The van der Waals surface area contributed by atoms with E-state index in [1.165, 1.54) is 25.7 Å². The van der Waals surface area contributed by atoms with Crippen LogP contribution in [0.15, 0.2) is 30.3 Å². The minimum absolute atomic E-state index is 0.0186. The van der Waals surface area contributed by atoms with Gasteiger partial charge in [0.2, 0.25) is 0 Å². The number of likely N-dealkylation sites (tertiary alicyclic amines) is 1. The molecule has 1 heterocycles. The highest BCUT2D eigenvalue weighted by atomic mass is 16.5. The highest BCUT2D eigenvalue weighted by Gasteiger charge is 2.33. The molecule has 1 saturated heterocycles. The third-order valence-corrected chi connectivity index (χ3v) is 5.60. The van der Waals surface area contributed by atoms with Crippen LogP contribution in [0.4, 0.5) is 0 Å². The van der Waals surface area contributed by atoms with Crippen LogP contribution in [0, 0.1) is 5.92 Å². The Hall–Kier alpha value is -1.35. The molecule has 0 unspecified atom stereocenters. The summed E-state index contributed by atoms with van der Waals surface area (Å²) >= 11 is 0. The maximum atomic E-state index is 12.7. The molecule has 0 amide bonds. The molecule has 1 saturated carbocycles. The third-order valence-electron chi connectivity index (χ3n) is 5.60. The van der Waals surface area contributed by atoms with Gasteiger partial charge in [-0.15, -0.1) is 0 Å². The van der Waals surface area contributed by atoms with E-state index in [4.69, 9.17) is 4.74 Å². The molecule has 3 nitrogen and oxygen atoms in total. The summed E-state index contributed by atoms with van der Waals surface area (Å²) in [6.45, 7) is 4.81. The summed E-state index contributed by atoms with van der Waals surface area (Å²) in [7, 11) is 0. The molecule has 3 rings (SSSR count). The predicted octanol–water partition coefficient (Wildman–Crippen LogP) is 3.99. The van der Waals surface area contributed by atoms with Crippen LogP contribution in [-0.4, -0.2) is 36.6 Å². The van der Waals surface area contributed by atoms with Crippen molar-refractivity contribution in [1.82, 2.24) is 4.90 Å². The second-order valence-corrected chi connectivity index (χ2v) is 7.13. The van der Waals surface area contributed by atoms with Crippen molar-refractivity contribution in [2.45, 2.75) is 57.4 Å². The fourth-order valence-corrected chi connectivity index (χ4v) is 4.23. The van der Waals surface area contributed by atoms with Crippen LogP contribution in [0.3, 0.4) is 0 Å². The van der Waals surface area contributed by atoms with Crippen molar-refractivity contribution >= 4 is 5.97 Å². The highest BCUT2D eigenvalue weighted by molar-refractivity contribution is 5.78. The van der Waals surface area contributed by atoms with E-state index in [1.807, 2.05) is 18.2 Å². The van der Waals surface area contributed by atoms with E-state index in [1.54, 1.807) is 0 Å². The van der Waals surface area contributed by atoms with E-state index in [0.29, 0.717) is 18.6 Å². The number of nitrogens with zero attached hydrogens (tertiary/aromatic N) is 1. The second-order valence-electron chi connectivity index (χ2n) is 7.13. The van der Waals surface area contributed by atoms with Crippen molar-refractivity contribution in [3.63, 3.8) is 0 Å². The van der Waals surface area contributed by atoms with Gasteiger partial charge in [-0.2, -0.15) is 0 Å². The molecule has 2 fully saturated rings. The van der Waals surface area contributed by atoms with Crippen LogP contribution >= 0.6 is 0 Å². The third kappa shape index (κ3) is 4.14. The number of hydrogen-bond donors (Lipinski definition) is 0. The number of ether oxygens (including phenoxy) is 1. The standard InChI is InChI=1S/C20H29NO2/c1-16-8-7-13-21(16)14-15-23-20(22)19(18-11-5-6-12-18)17-9-3-2-4-10-17/h2-4,9-10,16,18-19H,5-8,11-15H2,1H3/t16-,19-/m0/s1. The zero-order chi connectivity index (χ0) is 16.1. The fourth-order valence-electron chi connectivity index (χ4n) is 4.23. The Labute approximate surface area is 140 Å². The van der Waals surface area contributed by atoms with Crippen LogP contribution in [-0.2, 0) is 9.53 Å². The molecule has 126 valence electrons. The molecule has 0 N–H and O–H groups in total. The maximum absolute atomic E-state index is 12.7. The van der Waals surface area contributed by atoms with Crippen LogP contribution in [0.2, 0.25) is 0 Å². The molecule has 2 aliphatic rings. The topological polar surface area (TPSA) is 29.5 Å². The SMILES string of the molecule is C[C@H]1CCCN1CCOC(=O)[C@@H](c1ccccc1)C1CCCC1. The summed E-state index contributed by atoms with van der Waals surface area (Å²) in [6.07, 6.45) is 7.32. The second kappa shape index (κ2) is 7.96. The lowest BCUT2D eigenvalue weighted by atomic mass is 9.85. The van der Waals surface area contributed by atoms with Crippen LogP contribution in [0.25, 0.3) is 0 Å². The largest absolute Gasteiger partial charge is 0.464 e. The van der Waals surface area contributed by atoms with Gasteiger partial charge in [-0.1, -0.05) is 43.2 Å². The van der Waals surface area contributed by atoms with Gasteiger partial charge in [0.15, 0.2) is 0 Å². The average molecular weight is 315 g/mol. The molecular formula is C20H29NO2. The van der Waals surface area contributed by atoms with Crippen molar-refractivity contribution in [2.24, 2.45) is 5.92 Å². The highest BCUT2D eigenvalue weighted by Crippen LogP contribution is 2.38. The van der Waals surface area contributed by atoms with E-state index in [2.05, 4.69) is 24.0 Å². The van der Waals surface area contributed by atoms with Gasteiger partial charge in [0.05, 0.1) is 5.92 Å². The number of esters is 1. The first kappa shape index (κ1) is 16.5. The Bertz CT molecular complexity index is 496. The zero-order valence-electron chi connectivity index (χ0n) is 14.2. The molecule has 0 spiro atoms. The quantitative estimate of drug-likeness (QED) is 0.744. The average Bonchev–Trinajstić information content (AvgIpc) is 3.21. The maximum Gasteiger partial charge on any atom is 0.313 e. The monoisotopic (exact) mass is 315 g/mol. The lowest BCUT2D eigenvalue weighted by Crippen LogP contribution is -2.32. The van der Waals surface area contributed by atoms with E-state index in [9.17, 15) is 4.79 Å². The van der Waals surface area contributed by atoms with Crippen molar-refractivity contribution in [2.75, 3.05) is 19.7 Å². The first-order valence-corrected chi connectivity index (χ1v) is 9.21. The normalized spacial score (nSPS) is 24.0. The fraction of sp³-hybridized carbons (Fsp3) is 0.650. The molecule has 0 aromatic heterocycles. The van der Waals surface area contributed by atoms with Crippen molar-refractivity contribution in [3.05, 3.63) is 35.9 Å². The van der Waals surface area contributed by atoms with Gasteiger partial charge >= 0.3 is 5.97 Å². The predicted molar refractivity (Wildman–Crippen MR) is 92.4 cm³/mol. The molecule has 2 atom stereocenters. The van der Waals surface area contributed by atoms with Gasteiger partial charge in [0, 0.05) is 12.6 Å². The Morgan fingerprint density at radius 2 is 1.91 bits per heavy atom. The Balaban J connectivity index is 1.59. The van der Waals surface area contributed by atoms with Crippen molar-refractivity contribution < 1.29 is 9.53 Å². The summed E-state index contributed by atoms with van der Waals surface area (Å²) in [5, 5.41) is 0. The van der Waals surface area contributed by atoms with E-state index in [-0.39, 0.29) is 11.9 Å². The molecule has 3 heteroatoms. The summed E-state index contributed by atoms with van der Waals surface area (Å²) in [5.41, 5.74) is 1.12. The van der Waals surface area contributed by atoms with Gasteiger partial charge in [0.1, 0.15) is 6.61 Å². The molecule has 0 radical (unpaired) electrons. The Morgan fingerprint density at radius 3 is 2.57 bits per heavy atom. The van der Waals surface area contributed by atoms with Crippen LogP contribution in [0.1, 0.15) is 56.9 Å². The summed E-state index contributed by atoms with van der Waals surface area (Å²) < 4.78 is 5.70. The van der Waals surface area contributed by atoms with Crippen molar-refractivity contribution in [1.29, 1.82) is 0 Å². The number of carbonyl (C=O) groups is 1. The molecule has 23 heavy (non-hydrogen) atoms. The molecular weight excluding hydrogens is 286 g/mol. The number of hydrogen-bond acceptors (Lipinski definition) is 3. The lowest BCUT2D eigenvalue weighted by Gasteiger charge is -2.24. The zero-order valence-corrected chi connectivity index (χ0v) is 14.2. The van der Waals surface area contributed by atoms with E-state index in [0.717, 1.165) is 31.5 Å². The van der Waals surface area contributed by atoms with Gasteiger partial charge in [-0.25, -0.2) is 0 Å². The Kier molecular flexibility index (Phi) is 5.71. The van der Waals surface area contributed by atoms with Crippen LogP contribution in [0.5, 0.6) is 0 Å². The van der Waals surface area contributed by atoms with Gasteiger partial charge in [-0.05, 0) is 50.6 Å². The van der Waals surface area contributed by atoms with Gasteiger partial charge in [-0.3, -0.25) is 9.69 Å². The molecule has 1 aromatic carbocycles. The van der Waals surface area contributed by atoms with E-state index < -0.39 is 0 Å². The first-order chi connectivity index (χ1) is 11.3.